The van der Waals surface area contributed by atoms with Crippen LogP contribution in [0.15, 0.2) is 146 Å². The molecule has 14 nitrogen and oxygen atoms in total. The Balaban J connectivity index is 0.000000174. The Morgan fingerprint density at radius 3 is 1.20 bits per heavy atom. The van der Waals surface area contributed by atoms with Crippen LogP contribution in [0.25, 0.3) is 0 Å². The van der Waals surface area contributed by atoms with Gasteiger partial charge in [0, 0.05) is 12.1 Å². The molecule has 4 fully saturated rings. The van der Waals surface area contributed by atoms with Crippen LogP contribution in [0, 0.1) is 0 Å². The Morgan fingerprint density at radius 2 is 0.857 bits per heavy atom. The molecule has 2 aliphatic heterocycles. The van der Waals surface area contributed by atoms with Crippen molar-refractivity contribution in [3.63, 3.8) is 0 Å². The Kier molecular flexibility index (Phi) is 15.8. The van der Waals surface area contributed by atoms with Gasteiger partial charge in [-0.1, -0.05) is 173 Å². The van der Waals surface area contributed by atoms with E-state index in [1.54, 1.807) is 0 Å². The van der Waals surface area contributed by atoms with E-state index in [0.29, 0.717) is 26.3 Å². The number of carbonyl (C=O) groups is 2. The maximum absolute atomic E-state index is 13.4. The number of hydrogen-bond donors (Lipinski definition) is 0. The van der Waals surface area contributed by atoms with Gasteiger partial charge in [-0.25, -0.2) is 19.0 Å². The highest BCUT2D eigenvalue weighted by atomic mass is 16.5. The topological polar surface area (TPSA) is 146 Å². The molecule has 0 radical (unpaired) electrons. The molecule has 0 bridgehead atoms. The molecule has 4 heterocycles. The van der Waals surface area contributed by atoms with Gasteiger partial charge < -0.3 is 9.47 Å². The highest BCUT2D eigenvalue weighted by Gasteiger charge is 2.55. The smallest absolute Gasteiger partial charge is 0.327 e. The summed E-state index contributed by atoms with van der Waals surface area (Å²) in [6.45, 7) is 14.5. The van der Waals surface area contributed by atoms with Crippen LogP contribution in [0.1, 0.15) is 136 Å². The molecule has 0 unspecified atom stereocenters. The summed E-state index contributed by atoms with van der Waals surface area (Å²) in [7, 11) is 0. The molecule has 0 amide bonds. The van der Waals surface area contributed by atoms with Crippen molar-refractivity contribution in [2.45, 2.75) is 139 Å². The minimum Gasteiger partial charge on any atom is -0.465 e. The fraction of sp³-hybridized carbons (Fsp3) is 0.429. The molecule has 70 heavy (non-hydrogen) atoms. The lowest BCUT2D eigenvalue weighted by Gasteiger charge is -2.39. The zero-order valence-electron chi connectivity index (χ0n) is 40.6. The third-order valence-electron chi connectivity index (χ3n) is 14.7. The first-order valence-corrected chi connectivity index (χ1v) is 25.3. The maximum Gasteiger partial charge on any atom is 0.327 e. The highest BCUT2D eigenvalue weighted by Crippen LogP contribution is 2.53. The molecule has 2 saturated heterocycles. The lowest BCUT2D eigenvalue weighted by atomic mass is 9.88. The number of ether oxygens (including phenoxy) is 2. The molecular formula is C56H66N10O4. The predicted octanol–water partition coefficient (Wildman–Crippen LogP) is 9.37. The van der Waals surface area contributed by atoms with Crippen molar-refractivity contribution in [3.8, 4) is 0 Å². The number of esters is 2. The van der Waals surface area contributed by atoms with E-state index < -0.39 is 12.1 Å². The third kappa shape index (κ3) is 10.3. The zero-order valence-corrected chi connectivity index (χ0v) is 40.6. The number of tetrazole rings is 2. The van der Waals surface area contributed by atoms with E-state index >= 15 is 0 Å². The second kappa shape index (κ2) is 22.9. The van der Waals surface area contributed by atoms with E-state index in [4.69, 9.17) is 9.47 Å². The van der Waals surface area contributed by atoms with Crippen LogP contribution >= 0.6 is 0 Å². The lowest BCUT2D eigenvalue weighted by molar-refractivity contribution is -0.149. The third-order valence-corrected chi connectivity index (χ3v) is 14.7. The van der Waals surface area contributed by atoms with Crippen LogP contribution in [0.4, 0.5) is 0 Å². The van der Waals surface area contributed by atoms with Crippen molar-refractivity contribution < 1.29 is 19.1 Å². The van der Waals surface area contributed by atoms with Crippen molar-refractivity contribution in [2.75, 3.05) is 13.2 Å². The van der Waals surface area contributed by atoms with Crippen LogP contribution in [-0.4, -0.2) is 99.5 Å². The summed E-state index contributed by atoms with van der Waals surface area (Å²) < 4.78 is 14.9. The van der Waals surface area contributed by atoms with Crippen LogP contribution in [-0.2, 0) is 32.2 Å². The van der Waals surface area contributed by atoms with Gasteiger partial charge in [0.05, 0.1) is 50.2 Å². The second-order valence-corrected chi connectivity index (χ2v) is 19.0. The standard InChI is InChI=1S/2C28H33N5O2/c2*1-3-35-28(34)25-20(2)24(27-29-30-31-32(27)19-21-13-7-4-8-14-21)26(22-15-9-5-10-16-22)33(25)23-17-11-6-12-18-23/h2*4-5,7-10,13-16,23-26H,2-3,6,11-12,17-19H2,1H3/t2*24-,25+,26-/m10/s1. The van der Waals surface area contributed by atoms with E-state index in [9.17, 15) is 9.59 Å². The van der Waals surface area contributed by atoms with Crippen LogP contribution in [0.5, 0.6) is 0 Å². The Morgan fingerprint density at radius 1 is 0.514 bits per heavy atom. The number of rotatable bonds is 14. The summed E-state index contributed by atoms with van der Waals surface area (Å²) >= 11 is 0. The van der Waals surface area contributed by atoms with Crippen LogP contribution in [0.2, 0.25) is 0 Å². The summed E-state index contributed by atoms with van der Waals surface area (Å²) in [6, 6.07) is 40.5. The van der Waals surface area contributed by atoms with Crippen molar-refractivity contribution >= 4 is 11.9 Å². The van der Waals surface area contributed by atoms with Gasteiger partial charge in [-0.3, -0.25) is 9.80 Å². The second-order valence-electron chi connectivity index (χ2n) is 19.0. The fourth-order valence-electron chi connectivity index (χ4n) is 11.7. The van der Waals surface area contributed by atoms with E-state index in [2.05, 4.69) is 127 Å². The molecule has 0 N–H and O–H groups in total. The molecule has 10 rings (SSSR count). The molecule has 6 aromatic rings. The number of nitrogens with zero attached hydrogens (tertiary/aromatic N) is 10. The molecule has 4 aliphatic rings. The van der Waals surface area contributed by atoms with Crippen molar-refractivity contribution in [3.05, 3.63) is 180 Å². The van der Waals surface area contributed by atoms with E-state index in [0.717, 1.165) is 70.7 Å². The Hall–Kier alpha value is -6.64. The summed E-state index contributed by atoms with van der Waals surface area (Å²) in [5.74, 6) is 0.558. The SMILES string of the molecule is C=C1[C@@H](C(=O)OCC)N(C2CCCCC2)[C@H](c2ccccc2)[C@@H]1c1nnnn1Cc1ccccc1.C=C1[C@H](C(=O)OCC)N(C2CCCCC2)[C@@H](c2ccccc2)[C@H]1c1nnnn1Cc1ccccc1. The molecule has 0 spiro atoms. The average Bonchev–Trinajstić information content (AvgIpc) is 4.19. The lowest BCUT2D eigenvalue weighted by Crippen LogP contribution is -2.46. The number of likely N-dealkylation sites (tertiary alicyclic amines) is 2. The van der Waals surface area contributed by atoms with Gasteiger partial charge in [0.25, 0.3) is 0 Å². The van der Waals surface area contributed by atoms with Gasteiger partial charge >= 0.3 is 11.9 Å². The quantitative estimate of drug-likeness (QED) is 0.0758. The summed E-state index contributed by atoms with van der Waals surface area (Å²) in [6.07, 6.45) is 11.4. The minimum atomic E-state index is -0.518. The van der Waals surface area contributed by atoms with Gasteiger partial charge in [-0.15, -0.1) is 10.2 Å². The van der Waals surface area contributed by atoms with Crippen LogP contribution < -0.4 is 0 Å². The van der Waals surface area contributed by atoms with Gasteiger partial charge in [-0.2, -0.15) is 0 Å². The fourth-order valence-corrected chi connectivity index (χ4v) is 11.7. The first-order valence-electron chi connectivity index (χ1n) is 25.3. The average molecular weight is 943 g/mol. The first kappa shape index (κ1) is 48.4. The maximum atomic E-state index is 13.4. The minimum absolute atomic E-state index is 0.0956. The monoisotopic (exact) mass is 943 g/mol. The molecule has 364 valence electrons. The van der Waals surface area contributed by atoms with Crippen molar-refractivity contribution in [2.24, 2.45) is 0 Å². The Labute approximate surface area is 411 Å². The van der Waals surface area contributed by atoms with Gasteiger partial charge in [0.15, 0.2) is 11.6 Å². The molecule has 4 aromatic carbocycles. The Bertz CT molecular complexity index is 2460. The molecule has 14 heteroatoms. The normalized spacial score (nSPS) is 23.5. The first-order chi connectivity index (χ1) is 34.4. The molecule has 2 aliphatic carbocycles. The van der Waals surface area contributed by atoms with Crippen molar-refractivity contribution in [1.82, 2.24) is 50.2 Å². The van der Waals surface area contributed by atoms with Gasteiger partial charge in [0.2, 0.25) is 0 Å². The highest BCUT2D eigenvalue weighted by molar-refractivity contribution is 5.82. The number of hydrogen-bond acceptors (Lipinski definition) is 12. The number of aromatic nitrogens is 8. The van der Waals surface area contributed by atoms with Crippen LogP contribution in [0.3, 0.4) is 0 Å². The van der Waals surface area contributed by atoms with Gasteiger partial charge in [0.1, 0.15) is 12.1 Å². The van der Waals surface area contributed by atoms with Crippen molar-refractivity contribution in [1.29, 1.82) is 0 Å². The summed E-state index contributed by atoms with van der Waals surface area (Å²) in [4.78, 5) is 31.5. The largest absolute Gasteiger partial charge is 0.465 e. The number of benzene rings is 4. The molecular weight excluding hydrogens is 877 g/mol. The summed E-state index contributed by atoms with van der Waals surface area (Å²) in [5, 5.41) is 25.8. The zero-order chi connectivity index (χ0) is 48.4. The van der Waals surface area contributed by atoms with E-state index in [1.165, 1.54) is 38.5 Å². The van der Waals surface area contributed by atoms with E-state index in [1.807, 2.05) is 71.7 Å². The molecule has 2 aromatic heterocycles. The number of carbonyl (C=O) groups excluding carboxylic acids is 2. The summed E-state index contributed by atoms with van der Waals surface area (Å²) in [5.41, 5.74) is 6.15. The molecule has 6 atom stereocenters. The molecule has 2 saturated carbocycles. The van der Waals surface area contributed by atoms with Gasteiger partial charge in [-0.05, 0) is 93.8 Å². The van der Waals surface area contributed by atoms with E-state index in [-0.39, 0.29) is 47.9 Å². The predicted molar refractivity (Wildman–Crippen MR) is 267 cm³/mol.